The van der Waals surface area contributed by atoms with Crippen molar-refractivity contribution in [1.82, 2.24) is 5.32 Å². The molecule has 1 fully saturated rings. The molecular weight excluding hydrogens is 224 g/mol. The van der Waals surface area contributed by atoms with Crippen LogP contribution in [0.4, 0.5) is 0 Å². The molecule has 1 saturated carbocycles. The second kappa shape index (κ2) is 6.56. The number of hydrogen-bond acceptors (Lipinski definition) is 4. The molecule has 6 nitrogen and oxygen atoms in total. The Morgan fingerprint density at radius 3 is 2.53 bits per heavy atom. The van der Waals surface area contributed by atoms with Crippen molar-refractivity contribution in [3.05, 3.63) is 0 Å². The quantitative estimate of drug-likeness (QED) is 0.496. The zero-order valence-corrected chi connectivity index (χ0v) is 9.76. The molecule has 0 aliphatic heterocycles. The fraction of sp³-hybridized carbons (Fsp3) is 0.818. The summed E-state index contributed by atoms with van der Waals surface area (Å²) in [7, 11) is 0. The van der Waals surface area contributed by atoms with E-state index in [0.717, 1.165) is 25.7 Å². The first-order valence-electron chi connectivity index (χ1n) is 5.96. The molecule has 5 N–H and O–H groups in total. The molecule has 17 heavy (non-hydrogen) atoms. The van der Waals surface area contributed by atoms with Gasteiger partial charge >= 0.3 is 5.97 Å². The third-order valence-corrected chi connectivity index (χ3v) is 3.20. The minimum Gasteiger partial charge on any atom is -0.480 e. The highest BCUT2D eigenvalue weighted by molar-refractivity contribution is 5.85. The molecule has 98 valence electrons. The first kappa shape index (κ1) is 13.9. The lowest BCUT2D eigenvalue weighted by Crippen LogP contribution is -2.49. The predicted octanol–water partition coefficient (Wildman–Crippen LogP) is -0.544. The van der Waals surface area contributed by atoms with Crippen LogP contribution >= 0.6 is 0 Å². The summed E-state index contributed by atoms with van der Waals surface area (Å²) in [5.74, 6) is -1.94. The van der Waals surface area contributed by atoms with Gasteiger partial charge in [0.25, 0.3) is 0 Å². The van der Waals surface area contributed by atoms with Crippen LogP contribution < -0.4 is 11.1 Å². The summed E-state index contributed by atoms with van der Waals surface area (Å²) in [6.45, 7) is -0.608. The van der Waals surface area contributed by atoms with Crippen molar-refractivity contribution in [2.45, 2.75) is 44.2 Å². The molecule has 3 atom stereocenters. The van der Waals surface area contributed by atoms with Crippen molar-refractivity contribution in [1.29, 1.82) is 0 Å². The first-order chi connectivity index (χ1) is 8.06. The molecule has 1 aliphatic rings. The maximum Gasteiger partial charge on any atom is 0.328 e. The van der Waals surface area contributed by atoms with Crippen LogP contribution in [-0.2, 0) is 9.59 Å². The largest absolute Gasteiger partial charge is 0.480 e. The summed E-state index contributed by atoms with van der Waals surface area (Å²) in [6.07, 6.45) is 4.47. The summed E-state index contributed by atoms with van der Waals surface area (Å²) >= 11 is 0. The molecule has 0 aromatic rings. The van der Waals surface area contributed by atoms with E-state index in [-0.39, 0.29) is 17.9 Å². The van der Waals surface area contributed by atoms with Gasteiger partial charge in [0.15, 0.2) is 0 Å². The average Bonchev–Trinajstić information content (AvgIpc) is 2.50. The Balaban J connectivity index is 2.58. The lowest BCUT2D eigenvalue weighted by Gasteiger charge is -2.22. The number of carbonyl (C=O) groups excluding carboxylic acids is 1. The third-order valence-electron chi connectivity index (χ3n) is 3.20. The molecule has 0 saturated heterocycles. The molecule has 0 aromatic heterocycles. The fourth-order valence-corrected chi connectivity index (χ4v) is 2.13. The van der Waals surface area contributed by atoms with E-state index >= 15 is 0 Å². The molecule has 2 unspecified atom stereocenters. The van der Waals surface area contributed by atoms with Crippen LogP contribution in [0.1, 0.15) is 32.1 Å². The number of aliphatic hydroxyl groups is 1. The summed E-state index contributed by atoms with van der Waals surface area (Å²) in [6, 6.07) is -1.46. The number of nitrogens with one attached hydrogen (secondary N) is 1. The van der Waals surface area contributed by atoms with Gasteiger partial charge in [0, 0.05) is 6.04 Å². The smallest absolute Gasteiger partial charge is 0.328 e. The van der Waals surface area contributed by atoms with E-state index in [4.69, 9.17) is 15.9 Å². The number of nitrogens with two attached hydrogens (primary N) is 1. The van der Waals surface area contributed by atoms with E-state index in [1.54, 1.807) is 0 Å². The standard InChI is InChI=1S/C11H20N2O4/c12-8-5-3-1-2-4-7(8)10(15)13-9(6-14)11(16)17/h7-9,14H,1-6,12H2,(H,13,15)(H,16,17)/t7?,8?,9-/m1/s1. The molecular formula is C11H20N2O4. The zero-order valence-electron chi connectivity index (χ0n) is 9.76. The van der Waals surface area contributed by atoms with E-state index in [0.29, 0.717) is 6.42 Å². The number of aliphatic carboxylic acids is 1. The molecule has 1 rings (SSSR count). The van der Waals surface area contributed by atoms with E-state index in [1.807, 2.05) is 0 Å². The van der Waals surface area contributed by atoms with Gasteiger partial charge in [0.2, 0.25) is 5.91 Å². The zero-order chi connectivity index (χ0) is 12.8. The van der Waals surface area contributed by atoms with Gasteiger partial charge in [-0.3, -0.25) is 4.79 Å². The molecule has 1 amide bonds. The van der Waals surface area contributed by atoms with Crippen LogP contribution in [0.3, 0.4) is 0 Å². The minimum atomic E-state index is -1.24. The highest BCUT2D eigenvalue weighted by atomic mass is 16.4. The van der Waals surface area contributed by atoms with Crippen molar-refractivity contribution in [3.8, 4) is 0 Å². The Morgan fingerprint density at radius 2 is 1.94 bits per heavy atom. The van der Waals surface area contributed by atoms with Gasteiger partial charge < -0.3 is 21.3 Å². The van der Waals surface area contributed by atoms with Crippen LogP contribution in [-0.4, -0.2) is 40.8 Å². The molecule has 0 bridgehead atoms. The van der Waals surface area contributed by atoms with Crippen LogP contribution in [0.25, 0.3) is 0 Å². The predicted molar refractivity (Wildman–Crippen MR) is 61.2 cm³/mol. The molecule has 0 spiro atoms. The Kier molecular flexibility index (Phi) is 5.37. The summed E-state index contributed by atoms with van der Waals surface area (Å²) < 4.78 is 0. The minimum absolute atomic E-state index is 0.217. The van der Waals surface area contributed by atoms with Crippen molar-refractivity contribution in [2.24, 2.45) is 11.7 Å². The van der Waals surface area contributed by atoms with Crippen LogP contribution in [0.2, 0.25) is 0 Å². The molecule has 6 heteroatoms. The van der Waals surface area contributed by atoms with E-state index < -0.39 is 18.6 Å². The summed E-state index contributed by atoms with van der Waals surface area (Å²) in [5, 5.41) is 19.9. The normalized spacial score (nSPS) is 26.9. The van der Waals surface area contributed by atoms with Gasteiger partial charge in [0.1, 0.15) is 6.04 Å². The van der Waals surface area contributed by atoms with Crippen LogP contribution in [0.5, 0.6) is 0 Å². The van der Waals surface area contributed by atoms with E-state index in [9.17, 15) is 9.59 Å². The lowest BCUT2D eigenvalue weighted by atomic mass is 9.94. The summed E-state index contributed by atoms with van der Waals surface area (Å²) in [4.78, 5) is 22.6. The Hall–Kier alpha value is -1.14. The van der Waals surface area contributed by atoms with Gasteiger partial charge in [-0.15, -0.1) is 0 Å². The highest BCUT2D eigenvalue weighted by Crippen LogP contribution is 2.22. The molecule has 0 heterocycles. The summed E-state index contributed by atoms with van der Waals surface area (Å²) in [5.41, 5.74) is 5.90. The maximum absolute atomic E-state index is 11.9. The second-order valence-electron chi connectivity index (χ2n) is 4.49. The molecule has 1 aliphatic carbocycles. The van der Waals surface area contributed by atoms with Crippen molar-refractivity contribution in [3.63, 3.8) is 0 Å². The number of rotatable bonds is 4. The topological polar surface area (TPSA) is 113 Å². The number of carbonyl (C=O) groups is 2. The van der Waals surface area contributed by atoms with Crippen molar-refractivity contribution in [2.75, 3.05) is 6.61 Å². The third kappa shape index (κ3) is 3.98. The number of aliphatic hydroxyl groups excluding tert-OH is 1. The van der Waals surface area contributed by atoms with Crippen LogP contribution in [0, 0.1) is 5.92 Å². The van der Waals surface area contributed by atoms with E-state index in [2.05, 4.69) is 5.32 Å². The molecule has 0 aromatic carbocycles. The van der Waals surface area contributed by atoms with Gasteiger partial charge in [-0.2, -0.15) is 0 Å². The average molecular weight is 244 g/mol. The van der Waals surface area contributed by atoms with Gasteiger partial charge in [-0.25, -0.2) is 4.79 Å². The maximum atomic E-state index is 11.9. The number of carboxylic acid groups (broad SMARTS) is 1. The fourth-order valence-electron chi connectivity index (χ4n) is 2.13. The van der Waals surface area contributed by atoms with Gasteiger partial charge in [-0.05, 0) is 12.8 Å². The van der Waals surface area contributed by atoms with Crippen LogP contribution in [0.15, 0.2) is 0 Å². The Morgan fingerprint density at radius 1 is 1.29 bits per heavy atom. The van der Waals surface area contributed by atoms with Crippen molar-refractivity contribution < 1.29 is 19.8 Å². The highest BCUT2D eigenvalue weighted by Gasteiger charge is 2.29. The first-order valence-corrected chi connectivity index (χ1v) is 5.96. The SMILES string of the molecule is NC1CCCCCC1C(=O)N[C@H](CO)C(=O)O. The molecule has 0 radical (unpaired) electrons. The van der Waals surface area contributed by atoms with Gasteiger partial charge in [0.05, 0.1) is 12.5 Å². The monoisotopic (exact) mass is 244 g/mol. The second-order valence-corrected chi connectivity index (χ2v) is 4.49. The Labute approximate surface area is 100 Å². The number of carboxylic acids is 1. The number of hydrogen-bond donors (Lipinski definition) is 4. The van der Waals surface area contributed by atoms with Crippen molar-refractivity contribution >= 4 is 11.9 Å². The van der Waals surface area contributed by atoms with Gasteiger partial charge in [-0.1, -0.05) is 19.3 Å². The van der Waals surface area contributed by atoms with E-state index in [1.165, 1.54) is 0 Å². The number of amides is 1. The Bertz CT molecular complexity index is 283. The lowest BCUT2D eigenvalue weighted by molar-refractivity contribution is -0.143.